The average Bonchev–Trinajstić information content (AvgIpc) is 2.16. The first-order chi connectivity index (χ1) is 8.31. The Morgan fingerprint density at radius 3 is 2.39 bits per heavy atom. The van der Waals surface area contributed by atoms with Crippen molar-refractivity contribution in [2.75, 3.05) is 13.8 Å². The van der Waals surface area contributed by atoms with Crippen LogP contribution in [-0.4, -0.2) is 37.5 Å². The number of carbonyl (C=O) groups is 2. The van der Waals surface area contributed by atoms with Crippen LogP contribution in [0.4, 0.5) is 4.79 Å². The zero-order valence-corrected chi connectivity index (χ0v) is 11.4. The van der Waals surface area contributed by atoms with Gasteiger partial charge in [0.2, 0.25) is 5.91 Å². The van der Waals surface area contributed by atoms with E-state index in [2.05, 4.69) is 10.6 Å². The molecule has 0 spiro atoms. The minimum Gasteiger partial charge on any atom is -0.446 e. The van der Waals surface area contributed by atoms with Crippen molar-refractivity contribution in [3.05, 3.63) is 0 Å². The van der Waals surface area contributed by atoms with Gasteiger partial charge in [0.05, 0.1) is 0 Å². The van der Waals surface area contributed by atoms with Crippen molar-refractivity contribution < 1.29 is 19.1 Å². The van der Waals surface area contributed by atoms with Crippen LogP contribution in [0, 0.1) is 5.92 Å². The predicted octanol–water partition coefficient (Wildman–Crippen LogP) is 1.01. The molecule has 0 bridgehead atoms. The van der Waals surface area contributed by atoms with Gasteiger partial charge in [0.25, 0.3) is 0 Å². The van der Waals surface area contributed by atoms with Crippen molar-refractivity contribution in [2.45, 2.75) is 45.3 Å². The molecule has 0 aromatic carbocycles. The van der Waals surface area contributed by atoms with Crippen LogP contribution in [0.5, 0.6) is 0 Å². The van der Waals surface area contributed by atoms with E-state index >= 15 is 0 Å². The number of amides is 2. The molecule has 0 unspecified atom stereocenters. The molecule has 6 nitrogen and oxygen atoms in total. The second-order valence-electron chi connectivity index (χ2n) is 5.54. The molecule has 0 heterocycles. The highest BCUT2D eigenvalue weighted by Crippen LogP contribution is 2.30. The molecule has 2 amide bonds. The lowest BCUT2D eigenvalue weighted by atomic mass is 9.81. The lowest BCUT2D eigenvalue weighted by Crippen LogP contribution is -2.47. The van der Waals surface area contributed by atoms with E-state index in [0.29, 0.717) is 12.8 Å². The Morgan fingerprint density at radius 1 is 1.28 bits per heavy atom. The van der Waals surface area contributed by atoms with Gasteiger partial charge >= 0.3 is 6.09 Å². The number of ether oxygens (including phenoxy) is 2. The molecular weight excluding hydrogens is 236 g/mol. The summed E-state index contributed by atoms with van der Waals surface area (Å²) in [4.78, 5) is 23.0. The summed E-state index contributed by atoms with van der Waals surface area (Å²) < 4.78 is 9.94. The molecule has 1 aliphatic carbocycles. The molecule has 6 heteroatoms. The average molecular weight is 258 g/mol. The Morgan fingerprint density at radius 2 is 1.89 bits per heavy atom. The SMILES string of the molecule is COCNC(=O)C1CC(OC(=O)NC(C)(C)C)C1. The molecule has 1 aliphatic rings. The fraction of sp³-hybridized carbons (Fsp3) is 0.833. The quantitative estimate of drug-likeness (QED) is 0.738. The summed E-state index contributed by atoms with van der Waals surface area (Å²) >= 11 is 0. The molecule has 0 aromatic heterocycles. The Hall–Kier alpha value is -1.30. The number of carbonyl (C=O) groups excluding carboxylic acids is 2. The number of nitrogens with one attached hydrogen (secondary N) is 2. The molecule has 2 N–H and O–H groups in total. The van der Waals surface area contributed by atoms with E-state index in [4.69, 9.17) is 9.47 Å². The van der Waals surface area contributed by atoms with Crippen LogP contribution in [0.2, 0.25) is 0 Å². The second kappa shape index (κ2) is 6.04. The summed E-state index contributed by atoms with van der Waals surface area (Å²) in [6.45, 7) is 5.87. The summed E-state index contributed by atoms with van der Waals surface area (Å²) in [5.74, 6) is -0.125. The minimum atomic E-state index is -0.428. The summed E-state index contributed by atoms with van der Waals surface area (Å²) in [7, 11) is 1.52. The lowest BCUT2D eigenvalue weighted by molar-refractivity contribution is -0.133. The summed E-state index contributed by atoms with van der Waals surface area (Å²) in [6, 6.07) is 0. The second-order valence-corrected chi connectivity index (χ2v) is 5.54. The van der Waals surface area contributed by atoms with E-state index in [1.807, 2.05) is 20.8 Å². The molecule has 0 saturated heterocycles. The molecule has 1 saturated carbocycles. The third kappa shape index (κ3) is 4.91. The van der Waals surface area contributed by atoms with Gasteiger partial charge < -0.3 is 20.1 Å². The smallest absolute Gasteiger partial charge is 0.407 e. The van der Waals surface area contributed by atoms with Crippen molar-refractivity contribution in [1.82, 2.24) is 10.6 Å². The molecule has 104 valence electrons. The minimum absolute atomic E-state index is 0.0482. The Labute approximate surface area is 107 Å². The third-order valence-corrected chi connectivity index (χ3v) is 2.61. The van der Waals surface area contributed by atoms with E-state index in [0.717, 1.165) is 0 Å². The van der Waals surface area contributed by atoms with E-state index in [-0.39, 0.29) is 30.2 Å². The van der Waals surface area contributed by atoms with Gasteiger partial charge in [-0.05, 0) is 33.6 Å². The Kier molecular flexibility index (Phi) is 4.95. The number of hydrogen-bond acceptors (Lipinski definition) is 4. The monoisotopic (exact) mass is 258 g/mol. The molecular formula is C12H22N2O4. The lowest BCUT2D eigenvalue weighted by Gasteiger charge is -2.34. The van der Waals surface area contributed by atoms with Crippen LogP contribution < -0.4 is 10.6 Å². The molecule has 1 fully saturated rings. The maximum Gasteiger partial charge on any atom is 0.407 e. The molecule has 0 aliphatic heterocycles. The normalized spacial score (nSPS) is 22.9. The first-order valence-corrected chi connectivity index (χ1v) is 6.07. The fourth-order valence-corrected chi connectivity index (χ4v) is 1.65. The first kappa shape index (κ1) is 14.8. The first-order valence-electron chi connectivity index (χ1n) is 6.07. The topological polar surface area (TPSA) is 76.7 Å². The van der Waals surface area contributed by atoms with Crippen molar-refractivity contribution in [3.63, 3.8) is 0 Å². The maximum atomic E-state index is 11.5. The van der Waals surface area contributed by atoms with Gasteiger partial charge in [-0.3, -0.25) is 4.79 Å². The van der Waals surface area contributed by atoms with Crippen LogP contribution >= 0.6 is 0 Å². The molecule has 0 atom stereocenters. The highest BCUT2D eigenvalue weighted by molar-refractivity contribution is 5.79. The maximum absolute atomic E-state index is 11.5. The largest absolute Gasteiger partial charge is 0.446 e. The summed E-state index contributed by atoms with van der Waals surface area (Å²) in [6.07, 6.45) is 0.564. The third-order valence-electron chi connectivity index (χ3n) is 2.61. The number of rotatable bonds is 4. The molecule has 0 aromatic rings. The van der Waals surface area contributed by atoms with Crippen LogP contribution in [0.15, 0.2) is 0 Å². The van der Waals surface area contributed by atoms with Gasteiger partial charge in [0, 0.05) is 18.6 Å². The van der Waals surface area contributed by atoms with E-state index < -0.39 is 6.09 Å². The van der Waals surface area contributed by atoms with E-state index in [9.17, 15) is 9.59 Å². The zero-order chi connectivity index (χ0) is 13.8. The van der Waals surface area contributed by atoms with E-state index in [1.165, 1.54) is 7.11 Å². The summed E-state index contributed by atoms with van der Waals surface area (Å²) in [5, 5.41) is 5.34. The molecule has 18 heavy (non-hydrogen) atoms. The van der Waals surface area contributed by atoms with Crippen molar-refractivity contribution in [2.24, 2.45) is 5.92 Å². The van der Waals surface area contributed by atoms with Crippen LogP contribution in [0.25, 0.3) is 0 Å². The van der Waals surface area contributed by atoms with Crippen molar-refractivity contribution in [1.29, 1.82) is 0 Å². The fourth-order valence-electron chi connectivity index (χ4n) is 1.65. The molecule has 1 rings (SSSR count). The van der Waals surface area contributed by atoms with Crippen LogP contribution in [0.1, 0.15) is 33.6 Å². The van der Waals surface area contributed by atoms with Crippen molar-refractivity contribution in [3.8, 4) is 0 Å². The predicted molar refractivity (Wildman–Crippen MR) is 65.9 cm³/mol. The highest BCUT2D eigenvalue weighted by atomic mass is 16.6. The van der Waals surface area contributed by atoms with Crippen LogP contribution in [0.3, 0.4) is 0 Å². The van der Waals surface area contributed by atoms with Gasteiger partial charge in [-0.15, -0.1) is 0 Å². The standard InChI is InChI=1S/C12H22N2O4/c1-12(2,3)14-11(16)18-9-5-8(6-9)10(15)13-7-17-4/h8-9H,5-7H2,1-4H3,(H,13,15)(H,14,16). The van der Waals surface area contributed by atoms with E-state index in [1.54, 1.807) is 0 Å². The summed E-state index contributed by atoms with van der Waals surface area (Å²) in [5.41, 5.74) is -0.309. The van der Waals surface area contributed by atoms with Crippen molar-refractivity contribution >= 4 is 12.0 Å². The van der Waals surface area contributed by atoms with Gasteiger partial charge in [0.1, 0.15) is 12.8 Å². The Balaban J connectivity index is 2.19. The van der Waals surface area contributed by atoms with Gasteiger partial charge in [0.15, 0.2) is 0 Å². The van der Waals surface area contributed by atoms with Gasteiger partial charge in [-0.2, -0.15) is 0 Å². The highest BCUT2D eigenvalue weighted by Gasteiger charge is 2.37. The Bertz CT molecular complexity index is 306. The number of hydrogen-bond donors (Lipinski definition) is 2. The molecule has 0 radical (unpaired) electrons. The van der Waals surface area contributed by atoms with Gasteiger partial charge in [-0.25, -0.2) is 4.79 Å². The van der Waals surface area contributed by atoms with Gasteiger partial charge in [-0.1, -0.05) is 0 Å². The van der Waals surface area contributed by atoms with Crippen LogP contribution in [-0.2, 0) is 14.3 Å². The number of alkyl carbamates (subject to hydrolysis) is 1. The zero-order valence-electron chi connectivity index (χ0n) is 11.4. The number of methoxy groups -OCH3 is 1.